The second kappa shape index (κ2) is 7.91. The van der Waals surface area contributed by atoms with E-state index in [2.05, 4.69) is 15.2 Å². The van der Waals surface area contributed by atoms with E-state index in [9.17, 15) is 9.59 Å². The minimum atomic E-state index is -0.0630. The van der Waals surface area contributed by atoms with Gasteiger partial charge in [-0.3, -0.25) is 24.5 Å². The largest absolute Gasteiger partial charge is 0.351 e. The highest BCUT2D eigenvalue weighted by molar-refractivity contribution is 5.73. The number of aromatic nitrogens is 2. The SMILES string of the molecule is CC(=O)NCc1cncc([C@H]2CCCN2C2CCN(C(C)=O)CC2)n1. The second-order valence-corrected chi connectivity index (χ2v) is 6.98. The lowest BCUT2D eigenvalue weighted by Crippen LogP contribution is -2.46. The van der Waals surface area contributed by atoms with Crippen LogP contribution in [-0.4, -0.2) is 57.3 Å². The van der Waals surface area contributed by atoms with Crippen molar-refractivity contribution >= 4 is 11.8 Å². The van der Waals surface area contributed by atoms with Gasteiger partial charge in [0, 0.05) is 33.0 Å². The normalized spacial score (nSPS) is 22.2. The van der Waals surface area contributed by atoms with Crippen LogP contribution in [0.1, 0.15) is 57.0 Å². The molecule has 2 fully saturated rings. The lowest BCUT2D eigenvalue weighted by molar-refractivity contribution is -0.130. The first-order chi connectivity index (χ1) is 12.0. The van der Waals surface area contributed by atoms with E-state index < -0.39 is 0 Å². The average molecular weight is 345 g/mol. The first kappa shape index (κ1) is 17.8. The Morgan fingerprint density at radius 3 is 2.60 bits per heavy atom. The molecule has 0 unspecified atom stereocenters. The Labute approximate surface area is 148 Å². The van der Waals surface area contributed by atoms with Crippen molar-refractivity contribution in [3.05, 3.63) is 23.8 Å². The molecule has 0 bridgehead atoms. The molecule has 0 radical (unpaired) electrons. The highest BCUT2D eigenvalue weighted by atomic mass is 16.2. The van der Waals surface area contributed by atoms with Crippen LogP contribution in [0.25, 0.3) is 0 Å². The van der Waals surface area contributed by atoms with Crippen LogP contribution in [0.5, 0.6) is 0 Å². The van der Waals surface area contributed by atoms with Crippen LogP contribution in [-0.2, 0) is 16.1 Å². The van der Waals surface area contributed by atoms with E-state index in [1.54, 1.807) is 13.1 Å². The van der Waals surface area contributed by atoms with E-state index in [1.165, 1.54) is 6.92 Å². The first-order valence-electron chi connectivity index (χ1n) is 9.11. The van der Waals surface area contributed by atoms with Crippen LogP contribution in [0.4, 0.5) is 0 Å². The van der Waals surface area contributed by atoms with E-state index in [0.717, 1.165) is 56.7 Å². The van der Waals surface area contributed by atoms with Gasteiger partial charge in [-0.15, -0.1) is 0 Å². The standard InChI is InChI=1S/C18H27N5O2/c1-13(24)20-11-15-10-19-12-17(21-15)18-4-3-7-23(18)16-5-8-22(9-6-16)14(2)25/h10,12,16,18H,3-9,11H2,1-2H3,(H,20,24)/t18-/m1/s1. The maximum atomic E-state index is 11.5. The van der Waals surface area contributed by atoms with Gasteiger partial charge in [-0.2, -0.15) is 0 Å². The predicted octanol–water partition coefficient (Wildman–Crippen LogP) is 1.26. The average Bonchev–Trinajstić information content (AvgIpc) is 3.10. The molecular formula is C18H27N5O2. The van der Waals surface area contributed by atoms with Gasteiger partial charge in [0.2, 0.25) is 11.8 Å². The number of hydrogen-bond donors (Lipinski definition) is 1. The zero-order valence-corrected chi connectivity index (χ0v) is 15.1. The summed E-state index contributed by atoms with van der Waals surface area (Å²) < 4.78 is 0. The summed E-state index contributed by atoms with van der Waals surface area (Å²) in [6.07, 6.45) is 7.86. The van der Waals surface area contributed by atoms with Crippen molar-refractivity contribution in [1.29, 1.82) is 0 Å². The summed E-state index contributed by atoms with van der Waals surface area (Å²) >= 11 is 0. The Morgan fingerprint density at radius 1 is 1.16 bits per heavy atom. The monoisotopic (exact) mass is 345 g/mol. The molecule has 3 rings (SSSR count). The quantitative estimate of drug-likeness (QED) is 0.889. The molecule has 1 aromatic heterocycles. The van der Waals surface area contributed by atoms with Crippen LogP contribution in [0.15, 0.2) is 12.4 Å². The summed E-state index contributed by atoms with van der Waals surface area (Å²) in [5, 5.41) is 2.78. The van der Waals surface area contributed by atoms with Crippen molar-refractivity contribution in [2.45, 2.75) is 58.2 Å². The Hall–Kier alpha value is -2.02. The molecule has 7 nitrogen and oxygen atoms in total. The molecule has 0 spiro atoms. The number of nitrogens with one attached hydrogen (secondary N) is 1. The second-order valence-electron chi connectivity index (χ2n) is 6.98. The number of hydrogen-bond acceptors (Lipinski definition) is 5. The molecule has 0 aliphatic carbocycles. The van der Waals surface area contributed by atoms with Gasteiger partial charge in [0.05, 0.1) is 36.4 Å². The van der Waals surface area contributed by atoms with E-state index in [-0.39, 0.29) is 11.8 Å². The molecule has 1 aromatic rings. The van der Waals surface area contributed by atoms with Crippen LogP contribution in [0.2, 0.25) is 0 Å². The Kier molecular flexibility index (Phi) is 5.63. The molecule has 7 heteroatoms. The van der Waals surface area contributed by atoms with Crippen LogP contribution < -0.4 is 5.32 Å². The summed E-state index contributed by atoms with van der Waals surface area (Å²) in [6, 6.07) is 0.794. The van der Waals surface area contributed by atoms with Gasteiger partial charge in [-0.1, -0.05) is 0 Å². The highest BCUT2D eigenvalue weighted by Gasteiger charge is 2.34. The zero-order valence-electron chi connectivity index (χ0n) is 15.1. The van der Waals surface area contributed by atoms with Crippen molar-refractivity contribution < 1.29 is 9.59 Å². The zero-order chi connectivity index (χ0) is 17.8. The number of carbonyl (C=O) groups excluding carboxylic acids is 2. The molecule has 136 valence electrons. The van der Waals surface area contributed by atoms with Crippen molar-refractivity contribution in [1.82, 2.24) is 25.1 Å². The smallest absolute Gasteiger partial charge is 0.219 e. The number of piperidine rings is 1. The van der Waals surface area contributed by atoms with Gasteiger partial charge in [0.25, 0.3) is 0 Å². The van der Waals surface area contributed by atoms with E-state index in [0.29, 0.717) is 18.6 Å². The van der Waals surface area contributed by atoms with Gasteiger partial charge in [0.15, 0.2) is 0 Å². The summed E-state index contributed by atoms with van der Waals surface area (Å²) in [4.78, 5) is 36.2. The number of likely N-dealkylation sites (tertiary alicyclic amines) is 2. The molecule has 3 heterocycles. The van der Waals surface area contributed by atoms with Gasteiger partial charge in [-0.25, -0.2) is 0 Å². The molecule has 2 amide bonds. The fraction of sp³-hybridized carbons (Fsp3) is 0.667. The predicted molar refractivity (Wildman–Crippen MR) is 93.5 cm³/mol. The van der Waals surface area contributed by atoms with E-state index >= 15 is 0 Å². The number of carbonyl (C=O) groups is 2. The van der Waals surface area contributed by atoms with Gasteiger partial charge in [0.1, 0.15) is 0 Å². The maximum absolute atomic E-state index is 11.5. The Morgan fingerprint density at radius 2 is 1.92 bits per heavy atom. The molecule has 1 N–H and O–H groups in total. The third kappa shape index (κ3) is 4.34. The Bertz CT molecular complexity index is 628. The minimum Gasteiger partial charge on any atom is -0.351 e. The molecular weight excluding hydrogens is 318 g/mol. The summed E-state index contributed by atoms with van der Waals surface area (Å²) in [6.45, 7) is 6.33. The van der Waals surface area contributed by atoms with E-state index in [1.807, 2.05) is 11.1 Å². The molecule has 2 aliphatic rings. The molecule has 2 aliphatic heterocycles. The molecule has 25 heavy (non-hydrogen) atoms. The van der Waals surface area contributed by atoms with Crippen LogP contribution in [0.3, 0.4) is 0 Å². The van der Waals surface area contributed by atoms with Gasteiger partial charge in [-0.05, 0) is 32.2 Å². The van der Waals surface area contributed by atoms with Crippen molar-refractivity contribution in [3.8, 4) is 0 Å². The number of nitrogens with zero attached hydrogens (tertiary/aromatic N) is 4. The van der Waals surface area contributed by atoms with Crippen molar-refractivity contribution in [2.75, 3.05) is 19.6 Å². The maximum Gasteiger partial charge on any atom is 0.219 e. The van der Waals surface area contributed by atoms with Gasteiger partial charge >= 0.3 is 0 Å². The third-order valence-corrected chi connectivity index (χ3v) is 5.24. The van der Waals surface area contributed by atoms with Gasteiger partial charge < -0.3 is 10.2 Å². The van der Waals surface area contributed by atoms with Crippen molar-refractivity contribution in [2.24, 2.45) is 0 Å². The van der Waals surface area contributed by atoms with E-state index in [4.69, 9.17) is 4.98 Å². The first-order valence-corrected chi connectivity index (χ1v) is 9.11. The van der Waals surface area contributed by atoms with Crippen molar-refractivity contribution in [3.63, 3.8) is 0 Å². The molecule has 0 aromatic carbocycles. The summed E-state index contributed by atoms with van der Waals surface area (Å²) in [7, 11) is 0. The fourth-order valence-electron chi connectivity index (χ4n) is 3.94. The molecule has 0 saturated carbocycles. The number of rotatable bonds is 4. The fourth-order valence-corrected chi connectivity index (χ4v) is 3.94. The third-order valence-electron chi connectivity index (χ3n) is 5.24. The molecule has 1 atom stereocenters. The lowest BCUT2D eigenvalue weighted by atomic mass is 10.0. The molecule has 2 saturated heterocycles. The number of amides is 2. The highest BCUT2D eigenvalue weighted by Crippen LogP contribution is 2.35. The lowest BCUT2D eigenvalue weighted by Gasteiger charge is -2.39. The Balaban J connectivity index is 1.66. The topological polar surface area (TPSA) is 78.4 Å². The van der Waals surface area contributed by atoms with Crippen LogP contribution >= 0.6 is 0 Å². The minimum absolute atomic E-state index is 0.0630. The summed E-state index contributed by atoms with van der Waals surface area (Å²) in [5.41, 5.74) is 1.79. The summed E-state index contributed by atoms with van der Waals surface area (Å²) in [5.74, 6) is 0.111. The van der Waals surface area contributed by atoms with Crippen LogP contribution in [0, 0.1) is 0 Å².